The van der Waals surface area contributed by atoms with Crippen LogP contribution in [-0.4, -0.2) is 30.6 Å². The van der Waals surface area contributed by atoms with E-state index in [0.29, 0.717) is 32.7 Å². The Hall–Kier alpha value is -3.50. The first-order valence-corrected chi connectivity index (χ1v) is 11.8. The van der Waals surface area contributed by atoms with Crippen molar-refractivity contribution < 1.29 is 23.9 Å². The monoisotopic (exact) mass is 601 g/mol. The second-order valence-corrected chi connectivity index (χ2v) is 9.06. The highest BCUT2D eigenvalue weighted by molar-refractivity contribution is 9.10. The normalized spacial score (nSPS) is 10.9. The zero-order valence-electron chi connectivity index (χ0n) is 19.0. The molecule has 2 amide bonds. The Morgan fingerprint density at radius 2 is 1.66 bits per heavy atom. The van der Waals surface area contributed by atoms with E-state index < -0.39 is 17.8 Å². The molecule has 10 heteroatoms. The molecule has 0 unspecified atom stereocenters. The lowest BCUT2D eigenvalue weighted by Crippen LogP contribution is -2.33. The first-order valence-electron chi connectivity index (χ1n) is 10.3. The highest BCUT2D eigenvalue weighted by Gasteiger charge is 2.17. The van der Waals surface area contributed by atoms with Gasteiger partial charge in [-0.2, -0.15) is 5.10 Å². The van der Waals surface area contributed by atoms with E-state index >= 15 is 0 Å². The molecule has 0 saturated heterocycles. The highest BCUT2D eigenvalue weighted by atomic mass is 79.9. The summed E-state index contributed by atoms with van der Waals surface area (Å²) in [4.78, 5) is 36.9. The number of aryl methyl sites for hydroxylation is 1. The van der Waals surface area contributed by atoms with Crippen molar-refractivity contribution in [3.63, 3.8) is 0 Å². The summed E-state index contributed by atoms with van der Waals surface area (Å²) in [6, 6.07) is 17.0. The Morgan fingerprint density at radius 3 is 2.34 bits per heavy atom. The Kier molecular flexibility index (Phi) is 8.78. The fraction of sp³-hybridized carbons (Fsp3) is 0.120. The number of rotatable bonds is 6. The lowest BCUT2D eigenvalue weighted by atomic mass is 10.1. The predicted octanol–water partition coefficient (Wildman–Crippen LogP) is 5.23. The number of amides is 2. The van der Waals surface area contributed by atoms with Gasteiger partial charge in [-0.1, -0.05) is 28.1 Å². The van der Waals surface area contributed by atoms with Gasteiger partial charge in [0.05, 0.1) is 18.4 Å². The predicted molar refractivity (Wildman–Crippen MR) is 140 cm³/mol. The van der Waals surface area contributed by atoms with Gasteiger partial charge < -0.3 is 14.8 Å². The molecule has 0 aliphatic rings. The van der Waals surface area contributed by atoms with Crippen molar-refractivity contribution in [3.8, 4) is 11.5 Å². The van der Waals surface area contributed by atoms with E-state index in [1.165, 1.54) is 7.11 Å². The molecule has 0 spiro atoms. The average Bonchev–Trinajstić information content (AvgIpc) is 2.84. The summed E-state index contributed by atoms with van der Waals surface area (Å²) >= 11 is 6.68. The zero-order chi connectivity index (χ0) is 25.5. The minimum absolute atomic E-state index is 0.220. The third kappa shape index (κ3) is 6.77. The topological polar surface area (TPSA) is 106 Å². The number of carbonyl (C=O) groups is 3. The second kappa shape index (κ2) is 11.8. The van der Waals surface area contributed by atoms with Gasteiger partial charge in [-0.15, -0.1) is 0 Å². The third-order valence-electron chi connectivity index (χ3n) is 4.85. The SMILES string of the molecule is COc1cc(/C(C)=N/NC(=O)C(=O)Nc2ccc(Br)cc2C)ccc1OC(=O)c1ccccc1Br. The summed E-state index contributed by atoms with van der Waals surface area (Å²) in [6.07, 6.45) is 0. The molecule has 8 nitrogen and oxygen atoms in total. The minimum Gasteiger partial charge on any atom is -0.493 e. The molecule has 0 atom stereocenters. The summed E-state index contributed by atoms with van der Waals surface area (Å²) < 4.78 is 12.3. The minimum atomic E-state index is -0.919. The smallest absolute Gasteiger partial charge is 0.344 e. The maximum absolute atomic E-state index is 12.5. The Morgan fingerprint density at radius 1 is 0.914 bits per heavy atom. The third-order valence-corrected chi connectivity index (χ3v) is 6.03. The average molecular weight is 603 g/mol. The lowest BCUT2D eigenvalue weighted by molar-refractivity contribution is -0.136. The van der Waals surface area contributed by atoms with Crippen LogP contribution in [0.3, 0.4) is 0 Å². The van der Waals surface area contributed by atoms with Crippen LogP contribution in [0.5, 0.6) is 11.5 Å². The molecule has 0 saturated carbocycles. The molecule has 0 fully saturated rings. The van der Waals surface area contributed by atoms with Gasteiger partial charge in [-0.05, 0) is 83.9 Å². The fourth-order valence-electron chi connectivity index (χ4n) is 2.95. The van der Waals surface area contributed by atoms with Crippen LogP contribution in [0.1, 0.15) is 28.4 Å². The number of nitrogens with zero attached hydrogens (tertiary/aromatic N) is 1. The van der Waals surface area contributed by atoms with Gasteiger partial charge in [0.25, 0.3) is 0 Å². The number of benzene rings is 3. The van der Waals surface area contributed by atoms with E-state index in [9.17, 15) is 14.4 Å². The maximum atomic E-state index is 12.5. The van der Waals surface area contributed by atoms with Gasteiger partial charge in [-0.25, -0.2) is 10.2 Å². The number of methoxy groups -OCH3 is 1. The molecule has 0 aromatic heterocycles. The van der Waals surface area contributed by atoms with Crippen LogP contribution in [-0.2, 0) is 9.59 Å². The van der Waals surface area contributed by atoms with Crippen LogP contribution in [0.25, 0.3) is 0 Å². The number of esters is 1. The van der Waals surface area contributed by atoms with Gasteiger partial charge in [0.2, 0.25) is 0 Å². The van der Waals surface area contributed by atoms with Crippen molar-refractivity contribution in [2.75, 3.05) is 12.4 Å². The van der Waals surface area contributed by atoms with Gasteiger partial charge >= 0.3 is 17.8 Å². The summed E-state index contributed by atoms with van der Waals surface area (Å²) in [5.74, 6) is -1.80. The van der Waals surface area contributed by atoms with Crippen molar-refractivity contribution in [1.82, 2.24) is 5.43 Å². The molecule has 3 aromatic carbocycles. The van der Waals surface area contributed by atoms with E-state index in [2.05, 4.69) is 47.7 Å². The molecule has 0 radical (unpaired) electrons. The largest absolute Gasteiger partial charge is 0.493 e. The van der Waals surface area contributed by atoms with Crippen LogP contribution in [0, 0.1) is 6.92 Å². The summed E-state index contributed by atoms with van der Waals surface area (Å²) in [5.41, 5.74) is 4.93. The van der Waals surface area contributed by atoms with Crippen LogP contribution < -0.4 is 20.2 Å². The first kappa shape index (κ1) is 26.1. The molecule has 3 aromatic rings. The van der Waals surface area contributed by atoms with Gasteiger partial charge in [0, 0.05) is 20.2 Å². The van der Waals surface area contributed by atoms with E-state index in [1.54, 1.807) is 61.5 Å². The zero-order valence-corrected chi connectivity index (χ0v) is 22.2. The van der Waals surface area contributed by atoms with Gasteiger partial charge in [-0.3, -0.25) is 9.59 Å². The van der Waals surface area contributed by atoms with Gasteiger partial charge in [0.1, 0.15) is 0 Å². The van der Waals surface area contributed by atoms with Crippen molar-refractivity contribution in [2.24, 2.45) is 5.10 Å². The lowest BCUT2D eigenvalue weighted by Gasteiger charge is -2.12. The van der Waals surface area contributed by atoms with Crippen molar-refractivity contribution in [3.05, 3.63) is 86.3 Å². The molecule has 0 bridgehead atoms. The molecule has 35 heavy (non-hydrogen) atoms. The summed E-state index contributed by atoms with van der Waals surface area (Å²) in [7, 11) is 1.44. The Labute approximate surface area is 219 Å². The number of ether oxygens (including phenoxy) is 2. The number of nitrogens with one attached hydrogen (secondary N) is 2. The molecule has 180 valence electrons. The number of anilines is 1. The molecule has 3 rings (SSSR count). The van der Waals surface area contributed by atoms with Crippen LogP contribution in [0.15, 0.2) is 74.7 Å². The number of hydrogen-bond donors (Lipinski definition) is 2. The van der Waals surface area contributed by atoms with Crippen LogP contribution >= 0.6 is 31.9 Å². The Bertz CT molecular complexity index is 1320. The number of hydrogen-bond acceptors (Lipinski definition) is 6. The number of hydrazone groups is 1. The molecule has 2 N–H and O–H groups in total. The number of carbonyl (C=O) groups excluding carboxylic acids is 3. The van der Waals surface area contributed by atoms with E-state index in [4.69, 9.17) is 9.47 Å². The molecular weight excluding hydrogens is 582 g/mol. The van der Waals surface area contributed by atoms with Crippen LogP contribution in [0.4, 0.5) is 5.69 Å². The van der Waals surface area contributed by atoms with Crippen molar-refractivity contribution in [2.45, 2.75) is 13.8 Å². The molecule has 0 aliphatic carbocycles. The first-order chi connectivity index (χ1) is 16.7. The fourth-order valence-corrected chi connectivity index (χ4v) is 3.88. The Balaban J connectivity index is 1.68. The van der Waals surface area contributed by atoms with E-state index in [0.717, 1.165) is 10.0 Å². The quantitative estimate of drug-likeness (QED) is 0.132. The van der Waals surface area contributed by atoms with Crippen molar-refractivity contribution in [1.29, 1.82) is 0 Å². The van der Waals surface area contributed by atoms with E-state index in [-0.39, 0.29) is 5.75 Å². The molecular formula is C25H21Br2N3O5. The van der Waals surface area contributed by atoms with Gasteiger partial charge in [0.15, 0.2) is 11.5 Å². The van der Waals surface area contributed by atoms with Crippen LogP contribution in [0.2, 0.25) is 0 Å². The van der Waals surface area contributed by atoms with E-state index in [1.807, 2.05) is 13.0 Å². The standard InChI is InChI=1S/C25H21Br2N3O5/c1-14-12-17(26)9-10-20(14)28-23(31)24(32)30-29-15(2)16-8-11-21(22(13-16)34-3)35-25(33)18-6-4-5-7-19(18)27/h4-13H,1-3H3,(H,28,31)(H,30,32)/b29-15+. The second-order valence-electron chi connectivity index (χ2n) is 7.29. The summed E-state index contributed by atoms with van der Waals surface area (Å²) in [5, 5.41) is 6.55. The maximum Gasteiger partial charge on any atom is 0.344 e. The van der Waals surface area contributed by atoms with Crippen molar-refractivity contribution >= 4 is 61.0 Å². The highest BCUT2D eigenvalue weighted by Crippen LogP contribution is 2.30. The molecule has 0 aliphatic heterocycles. The molecule has 0 heterocycles. The summed E-state index contributed by atoms with van der Waals surface area (Å²) in [6.45, 7) is 3.46. The number of halogens is 2.